The number of amides is 2. The summed E-state index contributed by atoms with van der Waals surface area (Å²) in [7, 11) is 0. The van der Waals surface area contributed by atoms with Crippen LogP contribution >= 0.6 is 0 Å². The Hall–Kier alpha value is -0.980. The third kappa shape index (κ3) is 5.25. The lowest BCUT2D eigenvalue weighted by Gasteiger charge is -2.23. The molecule has 2 atom stereocenters. The molecule has 1 aliphatic heterocycles. The Morgan fingerprint density at radius 1 is 1.53 bits per heavy atom. The van der Waals surface area contributed by atoms with Crippen LogP contribution in [0.15, 0.2) is 0 Å². The molecule has 1 rings (SSSR count). The van der Waals surface area contributed by atoms with Crippen molar-refractivity contribution in [3.63, 3.8) is 0 Å². The van der Waals surface area contributed by atoms with Crippen LogP contribution in [0.25, 0.3) is 0 Å². The SMILES string of the molecule is CC(C)OCC(O)CNC1CCC(=O)NC1=O. The fourth-order valence-corrected chi connectivity index (χ4v) is 1.53. The van der Waals surface area contributed by atoms with Crippen molar-refractivity contribution in [2.75, 3.05) is 13.2 Å². The second-order valence-corrected chi connectivity index (χ2v) is 4.45. The number of rotatable bonds is 6. The van der Waals surface area contributed by atoms with Crippen LogP contribution in [0.3, 0.4) is 0 Å². The fourth-order valence-electron chi connectivity index (χ4n) is 1.53. The lowest BCUT2D eigenvalue weighted by Crippen LogP contribution is -2.52. The molecule has 3 N–H and O–H groups in total. The number of aliphatic hydroxyl groups excluding tert-OH is 1. The number of nitrogens with one attached hydrogen (secondary N) is 2. The highest BCUT2D eigenvalue weighted by atomic mass is 16.5. The van der Waals surface area contributed by atoms with Crippen molar-refractivity contribution in [2.45, 2.75) is 44.9 Å². The maximum absolute atomic E-state index is 11.4. The van der Waals surface area contributed by atoms with E-state index in [1.807, 2.05) is 13.8 Å². The molecule has 17 heavy (non-hydrogen) atoms. The molecule has 6 heteroatoms. The number of piperidine rings is 1. The van der Waals surface area contributed by atoms with E-state index in [9.17, 15) is 14.7 Å². The highest BCUT2D eigenvalue weighted by Gasteiger charge is 2.26. The van der Waals surface area contributed by atoms with Gasteiger partial charge in [0.2, 0.25) is 11.8 Å². The van der Waals surface area contributed by atoms with E-state index in [-0.39, 0.29) is 31.1 Å². The van der Waals surface area contributed by atoms with Gasteiger partial charge in [0.15, 0.2) is 0 Å². The van der Waals surface area contributed by atoms with Crippen LogP contribution in [0.1, 0.15) is 26.7 Å². The molecular weight excluding hydrogens is 224 g/mol. The van der Waals surface area contributed by atoms with Crippen LogP contribution in [-0.4, -0.2) is 48.3 Å². The highest BCUT2D eigenvalue weighted by Crippen LogP contribution is 2.04. The van der Waals surface area contributed by atoms with Crippen LogP contribution in [0.4, 0.5) is 0 Å². The van der Waals surface area contributed by atoms with Gasteiger partial charge in [-0.05, 0) is 20.3 Å². The first-order valence-electron chi connectivity index (χ1n) is 5.85. The van der Waals surface area contributed by atoms with Crippen LogP contribution in [0, 0.1) is 0 Å². The normalized spacial score (nSPS) is 22.7. The molecule has 6 nitrogen and oxygen atoms in total. The van der Waals surface area contributed by atoms with Crippen LogP contribution in [0.5, 0.6) is 0 Å². The van der Waals surface area contributed by atoms with E-state index >= 15 is 0 Å². The molecular formula is C11H20N2O4. The van der Waals surface area contributed by atoms with Crippen molar-refractivity contribution < 1.29 is 19.4 Å². The Kier molecular flexibility index (Phi) is 5.54. The summed E-state index contributed by atoms with van der Waals surface area (Å²) in [5.41, 5.74) is 0. The topological polar surface area (TPSA) is 87.7 Å². The predicted octanol–water partition coefficient (Wildman–Crippen LogP) is -0.833. The first kappa shape index (κ1) is 14.1. The van der Waals surface area contributed by atoms with E-state index in [0.29, 0.717) is 12.8 Å². The first-order valence-corrected chi connectivity index (χ1v) is 5.85. The fraction of sp³-hybridized carbons (Fsp3) is 0.818. The molecule has 1 aliphatic rings. The zero-order valence-electron chi connectivity index (χ0n) is 10.2. The van der Waals surface area contributed by atoms with Gasteiger partial charge in [0.1, 0.15) is 0 Å². The quantitative estimate of drug-likeness (QED) is 0.531. The number of hydrogen-bond acceptors (Lipinski definition) is 5. The summed E-state index contributed by atoms with van der Waals surface area (Å²) in [6.45, 7) is 4.29. The Labute approximate surface area is 101 Å². The molecule has 1 fully saturated rings. The van der Waals surface area contributed by atoms with Gasteiger partial charge in [-0.15, -0.1) is 0 Å². The maximum atomic E-state index is 11.4. The second kappa shape index (κ2) is 6.68. The third-order valence-electron chi connectivity index (χ3n) is 2.46. The van der Waals surface area contributed by atoms with Gasteiger partial charge >= 0.3 is 0 Å². The van der Waals surface area contributed by atoms with Crippen LogP contribution in [0.2, 0.25) is 0 Å². The largest absolute Gasteiger partial charge is 0.389 e. The van der Waals surface area contributed by atoms with Gasteiger partial charge in [-0.2, -0.15) is 0 Å². The van der Waals surface area contributed by atoms with Gasteiger partial charge in [0.05, 0.1) is 24.9 Å². The third-order valence-corrected chi connectivity index (χ3v) is 2.46. The molecule has 0 radical (unpaired) electrons. The molecule has 0 saturated carbocycles. The number of carbonyl (C=O) groups excluding carboxylic acids is 2. The summed E-state index contributed by atoms with van der Waals surface area (Å²) >= 11 is 0. The average Bonchev–Trinajstić information content (AvgIpc) is 2.25. The van der Waals surface area contributed by atoms with Crippen molar-refractivity contribution in [1.29, 1.82) is 0 Å². The first-order chi connectivity index (χ1) is 7.99. The van der Waals surface area contributed by atoms with Crippen molar-refractivity contribution in [1.82, 2.24) is 10.6 Å². The molecule has 0 bridgehead atoms. The smallest absolute Gasteiger partial charge is 0.243 e. The van der Waals surface area contributed by atoms with Crippen molar-refractivity contribution in [2.24, 2.45) is 0 Å². The predicted molar refractivity (Wildman–Crippen MR) is 61.3 cm³/mol. The minimum Gasteiger partial charge on any atom is -0.389 e. The Balaban J connectivity index is 2.21. The van der Waals surface area contributed by atoms with Crippen molar-refractivity contribution in [3.05, 3.63) is 0 Å². The van der Waals surface area contributed by atoms with Gasteiger partial charge in [-0.25, -0.2) is 0 Å². The molecule has 0 aromatic rings. The van der Waals surface area contributed by atoms with Crippen LogP contribution in [-0.2, 0) is 14.3 Å². The summed E-state index contributed by atoms with van der Waals surface area (Å²) in [6.07, 6.45) is 0.229. The Morgan fingerprint density at radius 2 is 2.24 bits per heavy atom. The molecule has 1 saturated heterocycles. The van der Waals surface area contributed by atoms with Gasteiger partial charge in [0.25, 0.3) is 0 Å². The Morgan fingerprint density at radius 3 is 2.82 bits per heavy atom. The number of ether oxygens (including phenoxy) is 1. The van der Waals surface area contributed by atoms with E-state index in [1.54, 1.807) is 0 Å². The number of aliphatic hydroxyl groups is 1. The summed E-state index contributed by atoms with van der Waals surface area (Å²) in [6, 6.07) is -0.401. The van der Waals surface area contributed by atoms with E-state index in [1.165, 1.54) is 0 Å². The maximum Gasteiger partial charge on any atom is 0.243 e. The van der Waals surface area contributed by atoms with Crippen molar-refractivity contribution in [3.8, 4) is 0 Å². The molecule has 0 aliphatic carbocycles. The highest BCUT2D eigenvalue weighted by molar-refractivity contribution is 6.00. The van der Waals surface area contributed by atoms with E-state index < -0.39 is 12.1 Å². The summed E-state index contributed by atoms with van der Waals surface area (Å²) in [5.74, 6) is -0.560. The van der Waals surface area contributed by atoms with E-state index in [4.69, 9.17) is 4.74 Å². The number of carbonyl (C=O) groups is 2. The Bertz CT molecular complexity index is 281. The molecule has 0 aromatic heterocycles. The van der Waals surface area contributed by atoms with Gasteiger partial charge in [0, 0.05) is 13.0 Å². The number of hydrogen-bond donors (Lipinski definition) is 3. The van der Waals surface area contributed by atoms with E-state index in [2.05, 4.69) is 10.6 Å². The molecule has 1 heterocycles. The zero-order valence-corrected chi connectivity index (χ0v) is 10.2. The van der Waals surface area contributed by atoms with Crippen molar-refractivity contribution >= 4 is 11.8 Å². The minimum atomic E-state index is -0.650. The number of imide groups is 1. The summed E-state index contributed by atoms with van der Waals surface area (Å²) < 4.78 is 5.24. The standard InChI is InChI=1S/C11H20N2O4/c1-7(2)17-6-8(14)5-12-9-3-4-10(15)13-11(9)16/h7-9,12,14H,3-6H2,1-2H3,(H,13,15,16). The van der Waals surface area contributed by atoms with Gasteiger partial charge in [-0.3, -0.25) is 14.9 Å². The molecule has 2 amide bonds. The van der Waals surface area contributed by atoms with Crippen LogP contribution < -0.4 is 10.6 Å². The molecule has 2 unspecified atom stereocenters. The average molecular weight is 244 g/mol. The monoisotopic (exact) mass is 244 g/mol. The van der Waals surface area contributed by atoms with Gasteiger partial charge < -0.3 is 15.2 Å². The summed E-state index contributed by atoms with van der Waals surface area (Å²) in [4.78, 5) is 22.3. The van der Waals surface area contributed by atoms with E-state index in [0.717, 1.165) is 0 Å². The van der Waals surface area contributed by atoms with Gasteiger partial charge in [-0.1, -0.05) is 0 Å². The molecule has 0 aromatic carbocycles. The lowest BCUT2D eigenvalue weighted by molar-refractivity contribution is -0.134. The minimum absolute atomic E-state index is 0.0697. The molecule has 98 valence electrons. The summed E-state index contributed by atoms with van der Waals surface area (Å²) in [5, 5.41) is 14.8. The second-order valence-electron chi connectivity index (χ2n) is 4.45. The lowest BCUT2D eigenvalue weighted by atomic mass is 10.1. The zero-order chi connectivity index (χ0) is 12.8. The molecule has 0 spiro atoms.